The van der Waals surface area contributed by atoms with Crippen molar-refractivity contribution in [2.45, 2.75) is 0 Å². The van der Waals surface area contributed by atoms with E-state index in [-0.39, 0.29) is 0 Å². The molecule has 0 aliphatic rings. The lowest BCUT2D eigenvalue weighted by Gasteiger charge is -2.26. The van der Waals surface area contributed by atoms with Crippen molar-refractivity contribution in [2.75, 3.05) is 4.90 Å². The van der Waals surface area contributed by atoms with Gasteiger partial charge in [0, 0.05) is 49.7 Å². The molecule has 3 heteroatoms. The summed E-state index contributed by atoms with van der Waals surface area (Å²) in [7, 11) is 0. The molecule has 0 N–H and O–H groups in total. The first-order valence-electron chi connectivity index (χ1n) is 24.4. The summed E-state index contributed by atoms with van der Waals surface area (Å²) in [6.45, 7) is 0. The average molecular weight is 904 g/mol. The molecule has 71 heavy (non-hydrogen) atoms. The fraction of sp³-hybridized carbons (Fsp3) is 0. The predicted octanol–water partition coefficient (Wildman–Crippen LogP) is 18.7. The van der Waals surface area contributed by atoms with E-state index in [1.165, 1.54) is 87.4 Å². The van der Waals surface area contributed by atoms with Crippen molar-refractivity contribution in [3.8, 4) is 44.8 Å². The molecule has 0 unspecified atom stereocenters. The highest BCUT2D eigenvalue weighted by Gasteiger charge is 2.19. The van der Waals surface area contributed by atoms with Crippen molar-refractivity contribution in [3.63, 3.8) is 0 Å². The number of nitrogens with zero attached hydrogens (tertiary/aromatic N) is 3. The van der Waals surface area contributed by atoms with Gasteiger partial charge in [-0.1, -0.05) is 194 Å². The van der Waals surface area contributed by atoms with Gasteiger partial charge < -0.3 is 14.0 Å². The van der Waals surface area contributed by atoms with Gasteiger partial charge in [-0.25, -0.2) is 0 Å². The molecule has 14 aromatic rings. The fourth-order valence-electron chi connectivity index (χ4n) is 11.2. The molecule has 12 aromatic carbocycles. The molecule has 332 valence electrons. The lowest BCUT2D eigenvalue weighted by molar-refractivity contribution is 1.18. The lowest BCUT2D eigenvalue weighted by atomic mass is 9.97. The van der Waals surface area contributed by atoms with E-state index in [0.29, 0.717) is 0 Å². The predicted molar refractivity (Wildman–Crippen MR) is 301 cm³/mol. The first-order chi connectivity index (χ1) is 35.2. The molecular weight excluding hydrogens is 859 g/mol. The number of para-hydroxylation sites is 6. The SMILES string of the molecule is c1ccc(-n2c3ccccc3c3ccccc32)c(-c2ccc(N(c3ccc(-c4ccc5c(ccc6ccccc65)c4)cc3)c3ccc(-c4ccccc4-n4c5ccccc5c5ccccc54)cc3)cc2)c1. The van der Waals surface area contributed by atoms with Crippen LogP contribution in [0.5, 0.6) is 0 Å². The van der Waals surface area contributed by atoms with Crippen LogP contribution in [0.3, 0.4) is 0 Å². The maximum Gasteiger partial charge on any atom is 0.0541 e. The topological polar surface area (TPSA) is 13.1 Å². The van der Waals surface area contributed by atoms with E-state index in [0.717, 1.165) is 39.6 Å². The van der Waals surface area contributed by atoms with E-state index < -0.39 is 0 Å². The molecule has 0 saturated carbocycles. The van der Waals surface area contributed by atoms with Crippen LogP contribution >= 0.6 is 0 Å². The van der Waals surface area contributed by atoms with Gasteiger partial charge in [0.05, 0.1) is 33.4 Å². The van der Waals surface area contributed by atoms with E-state index in [4.69, 9.17) is 0 Å². The Balaban J connectivity index is 0.868. The van der Waals surface area contributed by atoms with Crippen molar-refractivity contribution < 1.29 is 0 Å². The first-order valence-corrected chi connectivity index (χ1v) is 24.4. The Morgan fingerprint density at radius 2 is 0.563 bits per heavy atom. The quantitative estimate of drug-likeness (QED) is 0.139. The molecular formula is C68H45N3. The van der Waals surface area contributed by atoms with Crippen molar-refractivity contribution in [2.24, 2.45) is 0 Å². The normalized spacial score (nSPS) is 11.7. The summed E-state index contributed by atoms with van der Waals surface area (Å²) >= 11 is 0. The van der Waals surface area contributed by atoms with E-state index in [1.807, 2.05) is 0 Å². The van der Waals surface area contributed by atoms with Gasteiger partial charge in [0.15, 0.2) is 0 Å². The Kier molecular flexibility index (Phi) is 9.53. The maximum atomic E-state index is 2.42. The van der Waals surface area contributed by atoms with Crippen LogP contribution in [0.25, 0.3) is 110 Å². The highest BCUT2D eigenvalue weighted by atomic mass is 15.1. The molecule has 0 atom stereocenters. The number of fused-ring (bicyclic) bond motifs is 9. The molecule has 0 amide bonds. The number of rotatable bonds is 8. The zero-order valence-corrected chi connectivity index (χ0v) is 38.8. The Morgan fingerprint density at radius 3 is 1.03 bits per heavy atom. The zero-order chi connectivity index (χ0) is 46.8. The molecule has 0 bridgehead atoms. The summed E-state index contributed by atoms with van der Waals surface area (Å²) in [6.07, 6.45) is 0. The van der Waals surface area contributed by atoms with Gasteiger partial charge in [-0.3, -0.25) is 0 Å². The number of hydrogen-bond donors (Lipinski definition) is 0. The monoisotopic (exact) mass is 903 g/mol. The van der Waals surface area contributed by atoms with Crippen LogP contribution < -0.4 is 4.90 Å². The molecule has 3 nitrogen and oxygen atoms in total. The Bertz CT molecular complexity index is 4020. The minimum atomic E-state index is 1.08. The Morgan fingerprint density at radius 1 is 0.225 bits per heavy atom. The Hall–Kier alpha value is -9.44. The van der Waals surface area contributed by atoms with Crippen molar-refractivity contribution in [1.82, 2.24) is 9.13 Å². The number of benzene rings is 12. The molecule has 2 heterocycles. The van der Waals surface area contributed by atoms with E-state index in [1.54, 1.807) is 0 Å². The summed E-state index contributed by atoms with van der Waals surface area (Å²) in [4.78, 5) is 2.38. The van der Waals surface area contributed by atoms with E-state index in [2.05, 4.69) is 287 Å². The Labute approximate surface area is 412 Å². The number of aromatic nitrogens is 2. The van der Waals surface area contributed by atoms with Crippen molar-refractivity contribution >= 4 is 82.2 Å². The molecule has 0 saturated heterocycles. The lowest BCUT2D eigenvalue weighted by Crippen LogP contribution is -2.10. The third-order valence-corrected chi connectivity index (χ3v) is 14.5. The first kappa shape index (κ1) is 40.6. The zero-order valence-electron chi connectivity index (χ0n) is 38.8. The number of hydrogen-bond acceptors (Lipinski definition) is 1. The van der Waals surface area contributed by atoms with E-state index >= 15 is 0 Å². The minimum absolute atomic E-state index is 1.08. The summed E-state index contributed by atoms with van der Waals surface area (Å²) < 4.78 is 4.83. The van der Waals surface area contributed by atoms with Crippen LogP contribution in [0.15, 0.2) is 273 Å². The number of anilines is 3. The summed E-state index contributed by atoms with van der Waals surface area (Å²) in [6, 6.07) is 99.7. The van der Waals surface area contributed by atoms with Crippen LogP contribution in [-0.2, 0) is 0 Å². The van der Waals surface area contributed by atoms with Crippen LogP contribution in [-0.4, -0.2) is 9.13 Å². The van der Waals surface area contributed by atoms with Gasteiger partial charge in [-0.05, 0) is 123 Å². The molecule has 14 rings (SSSR count). The summed E-state index contributed by atoms with van der Waals surface area (Å²) in [5.74, 6) is 0. The largest absolute Gasteiger partial charge is 0.311 e. The fourth-order valence-corrected chi connectivity index (χ4v) is 11.2. The van der Waals surface area contributed by atoms with Crippen molar-refractivity contribution in [3.05, 3.63) is 273 Å². The highest BCUT2D eigenvalue weighted by molar-refractivity contribution is 6.11. The van der Waals surface area contributed by atoms with Crippen LogP contribution in [0.2, 0.25) is 0 Å². The van der Waals surface area contributed by atoms with Crippen molar-refractivity contribution in [1.29, 1.82) is 0 Å². The van der Waals surface area contributed by atoms with Crippen LogP contribution in [0.4, 0.5) is 17.1 Å². The highest BCUT2D eigenvalue weighted by Crippen LogP contribution is 2.42. The maximum absolute atomic E-state index is 2.42. The van der Waals surface area contributed by atoms with Gasteiger partial charge in [0.1, 0.15) is 0 Å². The molecule has 0 spiro atoms. The van der Waals surface area contributed by atoms with Crippen LogP contribution in [0, 0.1) is 0 Å². The second-order valence-electron chi connectivity index (χ2n) is 18.5. The smallest absolute Gasteiger partial charge is 0.0541 e. The van der Waals surface area contributed by atoms with Gasteiger partial charge in [-0.2, -0.15) is 0 Å². The molecule has 0 aliphatic heterocycles. The third kappa shape index (κ3) is 6.74. The molecule has 0 fully saturated rings. The van der Waals surface area contributed by atoms with Crippen LogP contribution in [0.1, 0.15) is 0 Å². The minimum Gasteiger partial charge on any atom is -0.311 e. The summed E-state index contributed by atoms with van der Waals surface area (Å²) in [5, 5.41) is 10.1. The second-order valence-corrected chi connectivity index (χ2v) is 18.5. The van der Waals surface area contributed by atoms with Gasteiger partial charge in [0.25, 0.3) is 0 Å². The van der Waals surface area contributed by atoms with E-state index in [9.17, 15) is 0 Å². The average Bonchev–Trinajstić information content (AvgIpc) is 3.96. The van der Waals surface area contributed by atoms with Gasteiger partial charge in [-0.15, -0.1) is 0 Å². The second kappa shape index (κ2) is 16.7. The summed E-state index contributed by atoms with van der Waals surface area (Å²) in [5.41, 5.74) is 17.4. The standard InChI is InChI=1S/C68H45N3/c1-2-16-55-47(15-1)29-30-51-45-50(37-44-56(51)55)46-31-38-52(39-32-46)69(53-40-33-48(34-41-53)57-17-3-9-23-63(57)70-65-25-11-5-19-59(65)60-20-6-12-26-66(60)70)54-42-35-49(36-43-54)58-18-4-10-24-64(58)71-67-27-13-7-21-61(67)62-22-8-14-28-68(62)71/h1-45H. The molecule has 0 aliphatic carbocycles. The van der Waals surface area contributed by atoms with Gasteiger partial charge >= 0.3 is 0 Å². The molecule has 2 aromatic heterocycles. The molecule has 0 radical (unpaired) electrons. The third-order valence-electron chi connectivity index (χ3n) is 14.5. The van der Waals surface area contributed by atoms with Gasteiger partial charge in [0.2, 0.25) is 0 Å².